The van der Waals surface area contributed by atoms with E-state index in [0.717, 1.165) is 11.0 Å². The van der Waals surface area contributed by atoms with Crippen LogP contribution in [0.2, 0.25) is 0 Å². The van der Waals surface area contributed by atoms with Crippen LogP contribution in [0, 0.1) is 5.92 Å². The quantitative estimate of drug-likeness (QED) is 0.558. The number of nitrogens with two attached hydrogens (primary N) is 1. The molecule has 1 fully saturated rings. The Morgan fingerprint density at radius 2 is 1.62 bits per heavy atom. The summed E-state index contributed by atoms with van der Waals surface area (Å²) < 4.78 is 12.1. The molecule has 1 aliphatic heterocycles. The number of hydrogen-bond acceptors (Lipinski definition) is 5. The average molecular weight is 404 g/mol. The molecule has 4 N–H and O–H groups in total. The van der Waals surface area contributed by atoms with Gasteiger partial charge in [-0.05, 0) is 51.1 Å². The zero-order valence-corrected chi connectivity index (χ0v) is 18.2. The smallest absolute Gasteiger partial charge is 0.399 e. The molecule has 0 radical (unpaired) electrons. The number of aliphatic hydroxyl groups excluding tert-OH is 1. The maximum atomic E-state index is 12.1. The Kier molecular flexibility index (Phi) is 7.14. The van der Waals surface area contributed by atoms with Crippen molar-refractivity contribution in [1.29, 1.82) is 0 Å². The molecular formula is C21H33BN2O5. The van der Waals surface area contributed by atoms with Gasteiger partial charge in [-0.15, -0.1) is 0 Å². The molecule has 160 valence electrons. The van der Waals surface area contributed by atoms with E-state index in [0.29, 0.717) is 6.42 Å². The molecule has 8 heteroatoms. The normalized spacial score (nSPS) is 19.8. The fraction of sp³-hybridized carbons (Fsp3) is 0.619. The molecule has 2 rings (SSSR count). The van der Waals surface area contributed by atoms with Crippen LogP contribution in [-0.2, 0) is 25.3 Å². The molecule has 7 nitrogen and oxygen atoms in total. The predicted molar refractivity (Wildman–Crippen MR) is 112 cm³/mol. The molecule has 0 saturated carbocycles. The fourth-order valence-corrected chi connectivity index (χ4v) is 3.07. The number of primary amides is 1. The molecule has 1 aromatic rings. The van der Waals surface area contributed by atoms with Crippen LogP contribution in [0.3, 0.4) is 0 Å². The Bertz CT molecular complexity index is 717. The minimum absolute atomic E-state index is 0.158. The van der Waals surface area contributed by atoms with Crippen LogP contribution in [0.4, 0.5) is 0 Å². The number of aliphatic hydroxyl groups is 1. The van der Waals surface area contributed by atoms with Crippen LogP contribution < -0.4 is 16.5 Å². The Balaban J connectivity index is 2.03. The first-order valence-corrected chi connectivity index (χ1v) is 10.0. The summed E-state index contributed by atoms with van der Waals surface area (Å²) in [7, 11) is -0.466. The van der Waals surface area contributed by atoms with Gasteiger partial charge in [0.25, 0.3) is 0 Å². The number of benzene rings is 1. The highest BCUT2D eigenvalue weighted by Crippen LogP contribution is 2.36. The lowest BCUT2D eigenvalue weighted by Crippen LogP contribution is -2.49. The molecular weight excluding hydrogens is 371 g/mol. The fourth-order valence-electron chi connectivity index (χ4n) is 3.07. The molecule has 1 saturated heterocycles. The van der Waals surface area contributed by atoms with E-state index >= 15 is 0 Å². The summed E-state index contributed by atoms with van der Waals surface area (Å²) in [6, 6.07) is 6.57. The first kappa shape index (κ1) is 23.4. The Hall–Kier alpha value is -1.90. The van der Waals surface area contributed by atoms with E-state index in [1.807, 2.05) is 65.8 Å². The Morgan fingerprint density at radius 1 is 1.10 bits per heavy atom. The molecule has 0 aliphatic carbocycles. The molecule has 2 atom stereocenters. The van der Waals surface area contributed by atoms with Crippen LogP contribution in [0.15, 0.2) is 24.3 Å². The minimum atomic E-state index is -1.16. The highest BCUT2D eigenvalue weighted by atomic mass is 16.7. The summed E-state index contributed by atoms with van der Waals surface area (Å²) in [6.45, 7) is 11.8. The van der Waals surface area contributed by atoms with Crippen molar-refractivity contribution >= 4 is 24.4 Å². The number of hydrogen-bond donors (Lipinski definition) is 3. The van der Waals surface area contributed by atoms with Gasteiger partial charge in [0.1, 0.15) is 12.1 Å². The lowest BCUT2D eigenvalue weighted by atomic mass is 9.78. The maximum absolute atomic E-state index is 12.1. The van der Waals surface area contributed by atoms with Gasteiger partial charge in [-0.3, -0.25) is 9.59 Å². The lowest BCUT2D eigenvalue weighted by Gasteiger charge is -2.32. The van der Waals surface area contributed by atoms with Gasteiger partial charge in [-0.1, -0.05) is 38.1 Å². The van der Waals surface area contributed by atoms with E-state index < -0.39 is 42.3 Å². The second kappa shape index (κ2) is 8.85. The zero-order chi connectivity index (χ0) is 22.0. The van der Waals surface area contributed by atoms with E-state index in [1.54, 1.807) is 0 Å². The number of amides is 2. The summed E-state index contributed by atoms with van der Waals surface area (Å²) in [5, 5.41) is 12.5. The largest absolute Gasteiger partial charge is 0.494 e. The SMILES string of the molecule is CC(C)C[C@@H](O)C(=O)N[C@H](Cc1ccc(B2OC(C)(C)C(C)(C)O2)cc1)C(N)=O. The van der Waals surface area contributed by atoms with Crippen molar-refractivity contribution in [3.8, 4) is 0 Å². The molecule has 1 aromatic carbocycles. The van der Waals surface area contributed by atoms with Crippen molar-refractivity contribution in [2.24, 2.45) is 11.7 Å². The van der Waals surface area contributed by atoms with Gasteiger partial charge < -0.3 is 25.5 Å². The zero-order valence-electron chi connectivity index (χ0n) is 18.2. The molecule has 0 bridgehead atoms. The molecule has 1 aliphatic rings. The van der Waals surface area contributed by atoms with E-state index in [-0.39, 0.29) is 12.3 Å². The summed E-state index contributed by atoms with van der Waals surface area (Å²) in [4.78, 5) is 23.9. The Morgan fingerprint density at radius 3 is 2.07 bits per heavy atom. The number of rotatable bonds is 8. The first-order valence-electron chi connectivity index (χ1n) is 10.0. The van der Waals surface area contributed by atoms with Crippen LogP contribution in [0.1, 0.15) is 53.5 Å². The van der Waals surface area contributed by atoms with Crippen LogP contribution >= 0.6 is 0 Å². The number of carbonyl (C=O) groups excluding carboxylic acids is 2. The van der Waals surface area contributed by atoms with Gasteiger partial charge >= 0.3 is 7.12 Å². The molecule has 0 spiro atoms. The van der Waals surface area contributed by atoms with E-state index in [9.17, 15) is 14.7 Å². The number of nitrogens with one attached hydrogen (secondary N) is 1. The van der Waals surface area contributed by atoms with Crippen molar-refractivity contribution in [3.63, 3.8) is 0 Å². The summed E-state index contributed by atoms with van der Waals surface area (Å²) >= 11 is 0. The third-order valence-electron chi connectivity index (χ3n) is 5.60. The van der Waals surface area contributed by atoms with Gasteiger partial charge in [-0.25, -0.2) is 0 Å². The topological polar surface area (TPSA) is 111 Å². The Labute approximate surface area is 173 Å². The highest BCUT2D eigenvalue weighted by molar-refractivity contribution is 6.62. The molecule has 29 heavy (non-hydrogen) atoms. The summed E-state index contributed by atoms with van der Waals surface area (Å²) in [5.74, 6) is -1.08. The van der Waals surface area contributed by atoms with Gasteiger partial charge in [0, 0.05) is 6.42 Å². The van der Waals surface area contributed by atoms with Gasteiger partial charge in [0.05, 0.1) is 11.2 Å². The molecule has 2 amide bonds. The monoisotopic (exact) mass is 404 g/mol. The van der Waals surface area contributed by atoms with Gasteiger partial charge in [0.2, 0.25) is 11.8 Å². The van der Waals surface area contributed by atoms with Gasteiger partial charge in [0.15, 0.2) is 0 Å². The number of carbonyl (C=O) groups is 2. The van der Waals surface area contributed by atoms with Crippen molar-refractivity contribution in [2.45, 2.75) is 77.7 Å². The second-order valence-electron chi connectivity index (χ2n) is 9.14. The predicted octanol–water partition coefficient (Wildman–Crippen LogP) is 0.905. The van der Waals surface area contributed by atoms with Crippen molar-refractivity contribution in [3.05, 3.63) is 29.8 Å². The average Bonchev–Trinajstić information content (AvgIpc) is 2.81. The first-order chi connectivity index (χ1) is 13.3. The maximum Gasteiger partial charge on any atom is 0.494 e. The summed E-state index contributed by atoms with van der Waals surface area (Å²) in [5.41, 5.74) is 6.30. The minimum Gasteiger partial charge on any atom is -0.399 e. The van der Waals surface area contributed by atoms with Crippen LogP contribution in [0.25, 0.3) is 0 Å². The van der Waals surface area contributed by atoms with Crippen molar-refractivity contribution in [1.82, 2.24) is 5.32 Å². The van der Waals surface area contributed by atoms with Crippen molar-refractivity contribution < 1.29 is 24.0 Å². The highest BCUT2D eigenvalue weighted by Gasteiger charge is 2.51. The van der Waals surface area contributed by atoms with Crippen LogP contribution in [0.5, 0.6) is 0 Å². The molecule has 0 unspecified atom stereocenters. The van der Waals surface area contributed by atoms with E-state index in [4.69, 9.17) is 15.0 Å². The third kappa shape index (κ3) is 5.81. The van der Waals surface area contributed by atoms with Crippen molar-refractivity contribution in [2.75, 3.05) is 0 Å². The second-order valence-corrected chi connectivity index (χ2v) is 9.14. The lowest BCUT2D eigenvalue weighted by molar-refractivity contribution is -0.133. The standard InChI is InChI=1S/C21H33BN2O5/c1-13(2)11-17(25)19(27)24-16(18(23)26)12-14-7-9-15(10-8-14)22-28-20(3,4)21(5,6)29-22/h7-10,13,16-17,25H,11-12H2,1-6H3,(H2,23,26)(H,24,27)/t16-,17-/m1/s1. The van der Waals surface area contributed by atoms with Gasteiger partial charge in [-0.2, -0.15) is 0 Å². The molecule has 0 aromatic heterocycles. The summed E-state index contributed by atoms with van der Waals surface area (Å²) in [6.07, 6.45) is -0.609. The van der Waals surface area contributed by atoms with E-state index in [1.165, 1.54) is 0 Å². The third-order valence-corrected chi connectivity index (χ3v) is 5.60. The van der Waals surface area contributed by atoms with E-state index in [2.05, 4.69) is 5.32 Å². The van der Waals surface area contributed by atoms with Crippen LogP contribution in [-0.4, -0.2) is 47.4 Å². The molecule has 1 heterocycles.